The third-order valence-electron chi connectivity index (χ3n) is 7.06. The van der Waals surface area contributed by atoms with Crippen LogP contribution in [0.2, 0.25) is 0 Å². The maximum absolute atomic E-state index is 14.9. The van der Waals surface area contributed by atoms with Gasteiger partial charge in [-0.15, -0.1) is 0 Å². The minimum Gasteiger partial charge on any atom is -0.497 e. The van der Waals surface area contributed by atoms with Gasteiger partial charge in [-0.25, -0.2) is 0 Å². The molecule has 0 bridgehead atoms. The Kier molecular flexibility index (Phi) is 10.7. The Hall–Kier alpha value is -1.86. The number of benzene rings is 2. The molecule has 2 aromatic rings. The summed E-state index contributed by atoms with van der Waals surface area (Å²) in [6.45, 7) is 19.8. The van der Waals surface area contributed by atoms with Crippen molar-refractivity contribution in [3.05, 3.63) is 53.1 Å². The first-order valence-corrected chi connectivity index (χ1v) is 17.9. The van der Waals surface area contributed by atoms with Crippen molar-refractivity contribution < 1.29 is 36.7 Å². The monoisotopic (exact) mass is 625 g/mol. The van der Waals surface area contributed by atoms with Gasteiger partial charge in [0.25, 0.3) is 0 Å². The summed E-state index contributed by atoms with van der Waals surface area (Å²) in [7, 11) is -6.96. The standard InChI is InChI=1S/C31H49NO8P2/c1-12-36-41(33,37-13-2)28(42(34,38-14-3)39-15-4)31(22-16-18-24(35-11)19-17-22)32-26-21-23(29(5,6)7)20-25(27(26)40-31)30(8,9)10/h16-21,28,32H,12-15H2,1-11H3. The van der Waals surface area contributed by atoms with Crippen LogP contribution in [-0.2, 0) is 43.8 Å². The number of methoxy groups -OCH3 is 1. The van der Waals surface area contributed by atoms with Gasteiger partial charge in [0.05, 0.1) is 39.2 Å². The van der Waals surface area contributed by atoms with Crippen LogP contribution in [0.25, 0.3) is 0 Å². The zero-order valence-electron chi connectivity index (χ0n) is 27.0. The van der Waals surface area contributed by atoms with Gasteiger partial charge in [0.2, 0.25) is 11.1 Å². The van der Waals surface area contributed by atoms with E-state index in [0.717, 1.165) is 11.1 Å². The normalized spacial score (nSPS) is 17.6. The summed E-state index contributed by atoms with van der Waals surface area (Å²) in [4.78, 5) is 0. The Morgan fingerprint density at radius 3 is 1.64 bits per heavy atom. The van der Waals surface area contributed by atoms with Crippen LogP contribution in [0.15, 0.2) is 36.4 Å². The van der Waals surface area contributed by atoms with E-state index in [1.807, 2.05) is 6.07 Å². The topological polar surface area (TPSA) is 102 Å². The highest BCUT2D eigenvalue weighted by molar-refractivity contribution is 7.72. The molecule has 1 N–H and O–H groups in total. The Bertz CT molecular complexity index is 1270. The predicted molar refractivity (Wildman–Crippen MR) is 168 cm³/mol. The molecule has 1 aliphatic heterocycles. The van der Waals surface area contributed by atoms with Crippen LogP contribution in [0, 0.1) is 0 Å². The van der Waals surface area contributed by atoms with Gasteiger partial charge in [0, 0.05) is 11.1 Å². The fourth-order valence-electron chi connectivity index (χ4n) is 5.14. The highest BCUT2D eigenvalue weighted by Gasteiger charge is 2.67. The average molecular weight is 626 g/mol. The summed E-state index contributed by atoms with van der Waals surface area (Å²) >= 11 is 0. The number of anilines is 1. The molecule has 1 aliphatic rings. The van der Waals surface area contributed by atoms with Crippen LogP contribution in [0.3, 0.4) is 0 Å². The molecule has 1 heterocycles. The number of nitrogens with one attached hydrogen (secondary N) is 1. The minimum absolute atomic E-state index is 0.0408. The average Bonchev–Trinajstić information content (AvgIpc) is 3.27. The molecule has 236 valence electrons. The molecule has 2 aromatic carbocycles. The van der Waals surface area contributed by atoms with E-state index in [9.17, 15) is 9.13 Å². The summed E-state index contributed by atoms with van der Waals surface area (Å²) in [5.41, 5.74) is 0.987. The smallest absolute Gasteiger partial charge is 0.352 e. The third-order valence-corrected chi connectivity index (χ3v) is 13.2. The molecule has 11 heteroatoms. The van der Waals surface area contributed by atoms with Crippen LogP contribution >= 0.6 is 15.2 Å². The van der Waals surface area contributed by atoms with Crippen molar-refractivity contribution in [3.63, 3.8) is 0 Å². The van der Waals surface area contributed by atoms with Crippen LogP contribution in [0.1, 0.15) is 85.9 Å². The van der Waals surface area contributed by atoms with Gasteiger partial charge >= 0.3 is 15.2 Å². The maximum atomic E-state index is 14.9. The van der Waals surface area contributed by atoms with Gasteiger partial charge in [-0.05, 0) is 74.4 Å². The van der Waals surface area contributed by atoms with Crippen molar-refractivity contribution in [1.29, 1.82) is 0 Å². The third kappa shape index (κ3) is 6.77. The van der Waals surface area contributed by atoms with Gasteiger partial charge in [0.15, 0.2) is 0 Å². The minimum atomic E-state index is -4.27. The van der Waals surface area contributed by atoms with E-state index in [1.54, 1.807) is 59.1 Å². The largest absolute Gasteiger partial charge is 0.497 e. The van der Waals surface area contributed by atoms with E-state index in [2.05, 4.69) is 52.9 Å². The highest BCUT2D eigenvalue weighted by atomic mass is 31.2. The van der Waals surface area contributed by atoms with Crippen LogP contribution in [-0.4, -0.2) is 38.9 Å². The molecule has 0 amide bonds. The predicted octanol–water partition coefficient (Wildman–Crippen LogP) is 8.81. The molecule has 1 atom stereocenters. The zero-order valence-corrected chi connectivity index (χ0v) is 28.8. The second kappa shape index (κ2) is 13.0. The molecule has 9 nitrogen and oxygen atoms in total. The Labute approximate surface area is 252 Å². The molecule has 42 heavy (non-hydrogen) atoms. The lowest BCUT2D eigenvalue weighted by Gasteiger charge is -2.42. The maximum Gasteiger partial charge on any atom is 0.352 e. The van der Waals surface area contributed by atoms with Crippen molar-refractivity contribution in [2.45, 2.75) is 91.2 Å². The SMILES string of the molecule is CCOP(=O)(OCC)C(C1(c2ccc(OC)cc2)Nc2cc(C(C)(C)C)cc(C(C)(C)C)c2O1)P(=O)(OCC)OCC. The van der Waals surface area contributed by atoms with Crippen molar-refractivity contribution in [2.24, 2.45) is 0 Å². The first-order chi connectivity index (χ1) is 19.5. The van der Waals surface area contributed by atoms with Gasteiger partial charge < -0.3 is 32.9 Å². The summed E-state index contributed by atoms with van der Waals surface area (Å²) < 4.78 is 65.9. The lowest BCUT2D eigenvalue weighted by atomic mass is 9.80. The van der Waals surface area contributed by atoms with Crippen LogP contribution in [0.5, 0.6) is 11.5 Å². The molecule has 0 saturated carbocycles. The summed E-state index contributed by atoms with van der Waals surface area (Å²) in [6, 6.07) is 11.3. The Balaban J connectivity index is 2.49. The second-order valence-electron chi connectivity index (χ2n) is 12.2. The highest BCUT2D eigenvalue weighted by Crippen LogP contribution is 2.76. The van der Waals surface area contributed by atoms with Crippen molar-refractivity contribution in [3.8, 4) is 11.5 Å². The summed E-state index contributed by atoms with van der Waals surface area (Å²) in [5, 5.41) is 2.01. The van der Waals surface area contributed by atoms with Gasteiger partial charge in [-0.3, -0.25) is 9.13 Å². The number of hydrogen-bond donors (Lipinski definition) is 1. The first-order valence-electron chi connectivity index (χ1n) is 14.6. The summed E-state index contributed by atoms with van der Waals surface area (Å²) in [6.07, 6.45) is 0. The van der Waals surface area contributed by atoms with Crippen molar-refractivity contribution >= 4 is 20.9 Å². The lowest BCUT2D eigenvalue weighted by molar-refractivity contribution is 0.0935. The first kappa shape index (κ1) is 34.6. The second-order valence-corrected chi connectivity index (χ2v) is 16.8. The van der Waals surface area contributed by atoms with Crippen LogP contribution < -0.4 is 14.8 Å². The van der Waals surface area contributed by atoms with E-state index in [0.29, 0.717) is 22.7 Å². The van der Waals surface area contributed by atoms with Crippen LogP contribution in [0.4, 0.5) is 5.69 Å². The van der Waals surface area contributed by atoms with Gasteiger partial charge in [-0.1, -0.05) is 47.6 Å². The fraction of sp³-hybridized carbons (Fsp3) is 0.613. The molecule has 3 rings (SSSR count). The molecule has 1 unspecified atom stereocenters. The fourth-order valence-corrected chi connectivity index (χ4v) is 10.9. The zero-order chi connectivity index (χ0) is 31.6. The molecule has 0 aromatic heterocycles. The van der Waals surface area contributed by atoms with E-state index >= 15 is 0 Å². The molecule has 0 saturated heterocycles. The molecular formula is C31H49NO8P2. The van der Waals surface area contributed by atoms with E-state index in [1.165, 1.54) is 0 Å². The lowest BCUT2D eigenvalue weighted by Crippen LogP contribution is -2.49. The van der Waals surface area contributed by atoms with Crippen molar-refractivity contribution in [2.75, 3.05) is 38.9 Å². The van der Waals surface area contributed by atoms with E-state index < -0.39 is 26.3 Å². The van der Waals surface area contributed by atoms with E-state index in [-0.39, 0.29) is 37.3 Å². The summed E-state index contributed by atoms with van der Waals surface area (Å²) in [5.74, 6) is 1.18. The molecule has 0 fully saturated rings. The van der Waals surface area contributed by atoms with Gasteiger partial charge in [-0.2, -0.15) is 0 Å². The molecular weight excluding hydrogens is 576 g/mol. The molecule has 0 spiro atoms. The van der Waals surface area contributed by atoms with Crippen molar-refractivity contribution in [1.82, 2.24) is 0 Å². The van der Waals surface area contributed by atoms with E-state index in [4.69, 9.17) is 27.6 Å². The quantitative estimate of drug-likeness (QED) is 0.219. The number of rotatable bonds is 13. The molecule has 0 radical (unpaired) electrons. The Morgan fingerprint density at radius 2 is 1.26 bits per heavy atom. The van der Waals surface area contributed by atoms with Gasteiger partial charge in [0.1, 0.15) is 11.5 Å². The number of ether oxygens (including phenoxy) is 2. The number of fused-ring (bicyclic) bond motifs is 1. The molecule has 0 aliphatic carbocycles. The Morgan fingerprint density at radius 1 is 0.786 bits per heavy atom. The number of hydrogen-bond acceptors (Lipinski definition) is 9.